The molecule has 4 rings (SSSR count). The zero-order valence-electron chi connectivity index (χ0n) is 24.9. The van der Waals surface area contributed by atoms with E-state index in [9.17, 15) is 18.3 Å². The number of nitrogens with one attached hydrogen (secondary N) is 1. The van der Waals surface area contributed by atoms with Crippen LogP contribution in [0.5, 0.6) is 5.75 Å². The minimum absolute atomic E-state index is 0.00990. The molecule has 2 fully saturated rings. The van der Waals surface area contributed by atoms with Crippen LogP contribution >= 0.6 is 0 Å². The third-order valence-corrected chi connectivity index (χ3v) is 9.53. The van der Waals surface area contributed by atoms with Crippen LogP contribution in [0.2, 0.25) is 0 Å². The van der Waals surface area contributed by atoms with Gasteiger partial charge in [0, 0.05) is 19.1 Å². The largest absolute Gasteiger partial charge is 0.497 e. The molecule has 42 heavy (non-hydrogen) atoms. The molecule has 2 saturated heterocycles. The van der Waals surface area contributed by atoms with Crippen molar-refractivity contribution in [2.75, 3.05) is 47.5 Å². The summed E-state index contributed by atoms with van der Waals surface area (Å²) in [5, 5.41) is 14.3. The molecule has 0 saturated carbocycles. The number of alkyl carbamates (subject to hydrolysis) is 1. The molecule has 0 aliphatic carbocycles. The third-order valence-electron chi connectivity index (χ3n) is 7.69. The monoisotopic (exact) mass is 605 g/mol. The molecule has 0 spiro atoms. The minimum Gasteiger partial charge on any atom is -0.497 e. The first kappa shape index (κ1) is 32.2. The fraction of sp³-hybridized carbons (Fsp3) is 0.567. The lowest BCUT2D eigenvalue weighted by Crippen LogP contribution is -2.52. The summed E-state index contributed by atoms with van der Waals surface area (Å²) in [6.45, 7) is 4.46. The van der Waals surface area contributed by atoms with Gasteiger partial charge in [0.1, 0.15) is 11.9 Å². The number of sulfonamides is 1. The Hall–Kier alpha value is -2.74. The average molecular weight is 606 g/mol. The lowest BCUT2D eigenvalue weighted by atomic mass is 9.97. The Morgan fingerprint density at radius 2 is 1.71 bits per heavy atom. The first-order valence-electron chi connectivity index (χ1n) is 14.2. The first-order chi connectivity index (χ1) is 20.0. The first-order valence-corrected chi connectivity index (χ1v) is 15.7. The fourth-order valence-electron chi connectivity index (χ4n) is 5.47. The summed E-state index contributed by atoms with van der Waals surface area (Å²) in [6.07, 6.45) is -2.63. The van der Waals surface area contributed by atoms with Crippen molar-refractivity contribution in [3.05, 3.63) is 60.2 Å². The maximum Gasteiger partial charge on any atom is 0.407 e. The second kappa shape index (κ2) is 14.2. The van der Waals surface area contributed by atoms with E-state index in [1.807, 2.05) is 63.2 Å². The van der Waals surface area contributed by atoms with E-state index in [1.165, 1.54) is 23.5 Å². The summed E-state index contributed by atoms with van der Waals surface area (Å²) < 4.78 is 51.0. The highest BCUT2D eigenvalue weighted by atomic mass is 32.2. The molecule has 6 atom stereocenters. The average Bonchev–Trinajstić information content (AvgIpc) is 3.55. The highest BCUT2D eigenvalue weighted by molar-refractivity contribution is 7.89. The molecule has 1 amide bonds. The number of carbonyl (C=O) groups excluding carboxylic acids is 1. The summed E-state index contributed by atoms with van der Waals surface area (Å²) in [5.74, 6) is 0.388. The lowest BCUT2D eigenvalue weighted by Gasteiger charge is -2.31. The second-order valence-electron chi connectivity index (χ2n) is 11.5. The molecule has 2 aromatic carbocycles. The van der Waals surface area contributed by atoms with E-state index < -0.39 is 40.7 Å². The normalized spacial score (nSPS) is 23.6. The number of hydrogen-bond donors (Lipinski definition) is 2. The topological polar surface area (TPSA) is 127 Å². The van der Waals surface area contributed by atoms with E-state index >= 15 is 0 Å². The maximum absolute atomic E-state index is 13.7. The molecule has 2 heterocycles. The van der Waals surface area contributed by atoms with Crippen molar-refractivity contribution >= 4 is 16.1 Å². The van der Waals surface area contributed by atoms with Crippen molar-refractivity contribution in [2.45, 2.75) is 55.7 Å². The van der Waals surface area contributed by atoms with Crippen LogP contribution in [0, 0.1) is 11.8 Å². The number of ether oxygens (including phenoxy) is 4. The SMILES string of the molecule is COc1ccc(S(=O)(=O)N(CC(C)C)C[C@@H](O)[C@H](Cc2ccccc2)NC(=O)O[C@H]2CO[C@H]3OC[C@H](N(C)C)[C@H]32)cc1. The van der Waals surface area contributed by atoms with E-state index in [2.05, 4.69) is 5.32 Å². The smallest absolute Gasteiger partial charge is 0.407 e. The Morgan fingerprint density at radius 1 is 1.05 bits per heavy atom. The third kappa shape index (κ3) is 7.80. The van der Waals surface area contributed by atoms with Crippen LogP contribution < -0.4 is 10.1 Å². The van der Waals surface area contributed by atoms with Crippen molar-refractivity contribution in [1.29, 1.82) is 0 Å². The quantitative estimate of drug-likeness (QED) is 0.354. The molecular weight excluding hydrogens is 562 g/mol. The molecule has 2 aliphatic heterocycles. The molecule has 0 bridgehead atoms. The molecular formula is C30H43N3O8S. The second-order valence-corrected chi connectivity index (χ2v) is 13.4. The van der Waals surface area contributed by atoms with Crippen LogP contribution in [-0.4, -0.2) is 107 Å². The number of likely N-dealkylation sites (N-methyl/N-ethyl adjacent to an activating group) is 1. The van der Waals surface area contributed by atoms with Gasteiger partial charge in [0.2, 0.25) is 10.0 Å². The summed E-state index contributed by atoms with van der Waals surface area (Å²) in [7, 11) is 1.45. The molecule has 2 aliphatic rings. The molecule has 0 radical (unpaired) electrons. The van der Waals surface area contributed by atoms with Gasteiger partial charge in [0.15, 0.2) is 6.29 Å². The van der Waals surface area contributed by atoms with Gasteiger partial charge in [-0.2, -0.15) is 4.31 Å². The molecule has 0 aromatic heterocycles. The van der Waals surface area contributed by atoms with E-state index in [4.69, 9.17) is 18.9 Å². The summed E-state index contributed by atoms with van der Waals surface area (Å²) in [6, 6.07) is 14.7. The van der Waals surface area contributed by atoms with Crippen LogP contribution in [0.15, 0.2) is 59.5 Å². The van der Waals surface area contributed by atoms with Crippen molar-refractivity contribution in [3.8, 4) is 5.75 Å². The molecule has 232 valence electrons. The molecule has 0 unspecified atom stereocenters. The summed E-state index contributed by atoms with van der Waals surface area (Å²) in [5.41, 5.74) is 0.872. The molecule has 11 nitrogen and oxygen atoms in total. The lowest BCUT2D eigenvalue weighted by molar-refractivity contribution is -0.0909. The van der Waals surface area contributed by atoms with Crippen LogP contribution in [0.4, 0.5) is 4.79 Å². The fourth-order valence-corrected chi connectivity index (χ4v) is 7.09. The van der Waals surface area contributed by atoms with Gasteiger partial charge in [-0.15, -0.1) is 0 Å². The number of nitrogens with zero attached hydrogens (tertiary/aromatic N) is 2. The van der Waals surface area contributed by atoms with Crippen LogP contribution in [-0.2, 0) is 30.7 Å². The number of amides is 1. The Balaban J connectivity index is 1.52. The number of hydrogen-bond acceptors (Lipinski definition) is 9. The Morgan fingerprint density at radius 3 is 2.33 bits per heavy atom. The number of aliphatic hydroxyl groups excluding tert-OH is 1. The Labute approximate surface area is 248 Å². The van der Waals surface area contributed by atoms with Crippen LogP contribution in [0.3, 0.4) is 0 Å². The maximum atomic E-state index is 13.7. The number of methoxy groups -OCH3 is 1. The zero-order chi connectivity index (χ0) is 30.4. The van der Waals surface area contributed by atoms with Gasteiger partial charge in [-0.25, -0.2) is 13.2 Å². The Bertz CT molecular complexity index is 1260. The predicted octanol–water partition coefficient (Wildman–Crippen LogP) is 2.34. The molecule has 12 heteroatoms. The van der Waals surface area contributed by atoms with Crippen molar-refractivity contribution in [1.82, 2.24) is 14.5 Å². The van der Waals surface area contributed by atoms with Gasteiger partial charge < -0.3 is 34.3 Å². The van der Waals surface area contributed by atoms with Crippen molar-refractivity contribution in [2.24, 2.45) is 11.8 Å². The van der Waals surface area contributed by atoms with Gasteiger partial charge in [0.05, 0.1) is 43.3 Å². The highest BCUT2D eigenvalue weighted by Crippen LogP contribution is 2.35. The van der Waals surface area contributed by atoms with Gasteiger partial charge in [-0.05, 0) is 56.3 Å². The van der Waals surface area contributed by atoms with Gasteiger partial charge >= 0.3 is 6.09 Å². The van der Waals surface area contributed by atoms with Gasteiger partial charge in [0.25, 0.3) is 0 Å². The summed E-state index contributed by atoms with van der Waals surface area (Å²) in [4.78, 5) is 15.3. The van der Waals surface area contributed by atoms with E-state index in [0.717, 1.165) is 5.56 Å². The van der Waals surface area contributed by atoms with Gasteiger partial charge in [-0.3, -0.25) is 0 Å². The number of fused-ring (bicyclic) bond motifs is 1. The predicted molar refractivity (Wildman–Crippen MR) is 157 cm³/mol. The molecule has 2 N–H and O–H groups in total. The van der Waals surface area contributed by atoms with E-state index in [0.29, 0.717) is 12.4 Å². The van der Waals surface area contributed by atoms with Crippen LogP contribution in [0.25, 0.3) is 0 Å². The number of carbonyl (C=O) groups is 1. The number of rotatable bonds is 13. The van der Waals surface area contributed by atoms with Gasteiger partial charge in [-0.1, -0.05) is 44.2 Å². The number of aliphatic hydroxyl groups is 1. The standard InChI is InChI=1S/C30H43N3O8S/c1-20(2)16-33(42(36,37)23-13-11-22(38-5)12-14-23)17-26(34)24(15-21-9-7-6-8-10-21)31-30(35)41-27-19-40-29-28(27)25(18-39-29)32(3)4/h6-14,20,24-29,34H,15-19H2,1-5H3,(H,31,35)/t24-,25-,26+,27-,28-,29+/m0/s1. The highest BCUT2D eigenvalue weighted by Gasteiger charge is 2.50. The summed E-state index contributed by atoms with van der Waals surface area (Å²) >= 11 is 0. The van der Waals surface area contributed by atoms with Crippen molar-refractivity contribution < 1.29 is 37.3 Å². The van der Waals surface area contributed by atoms with E-state index in [-0.39, 0.29) is 48.9 Å². The zero-order valence-corrected chi connectivity index (χ0v) is 25.7. The number of benzene rings is 2. The van der Waals surface area contributed by atoms with Crippen LogP contribution in [0.1, 0.15) is 19.4 Å². The minimum atomic E-state index is -3.96. The molecule has 2 aromatic rings. The van der Waals surface area contributed by atoms with Crippen molar-refractivity contribution in [3.63, 3.8) is 0 Å². The van der Waals surface area contributed by atoms with E-state index in [1.54, 1.807) is 12.1 Å². The Kier molecular flexibility index (Phi) is 10.8.